The fraction of sp³-hybridized carbons (Fsp3) is 0.455. The van der Waals surface area contributed by atoms with E-state index in [4.69, 9.17) is 0 Å². The first-order valence-electron chi connectivity index (χ1n) is 5.51. The smallest absolute Gasteiger partial charge is 0.211 e. The van der Waals surface area contributed by atoms with E-state index in [-0.39, 0.29) is 4.90 Å². The SMILES string of the molecule is O=S(=O)(NCC1CCSC1)c1ccc(Br)cc1F. The molecule has 100 valence electrons. The van der Waals surface area contributed by atoms with Crippen molar-refractivity contribution in [3.05, 3.63) is 28.5 Å². The lowest BCUT2D eigenvalue weighted by molar-refractivity contribution is 0.534. The van der Waals surface area contributed by atoms with Gasteiger partial charge in [0.2, 0.25) is 10.0 Å². The van der Waals surface area contributed by atoms with Gasteiger partial charge in [-0.2, -0.15) is 11.8 Å². The van der Waals surface area contributed by atoms with Crippen LogP contribution >= 0.6 is 27.7 Å². The van der Waals surface area contributed by atoms with Crippen molar-refractivity contribution in [2.75, 3.05) is 18.1 Å². The Balaban J connectivity index is 2.09. The predicted molar refractivity (Wildman–Crippen MR) is 74.7 cm³/mol. The van der Waals surface area contributed by atoms with Gasteiger partial charge in [0.05, 0.1) is 0 Å². The van der Waals surface area contributed by atoms with Gasteiger partial charge >= 0.3 is 0 Å². The first-order valence-corrected chi connectivity index (χ1v) is 8.94. The van der Waals surface area contributed by atoms with Gasteiger partial charge in [0.25, 0.3) is 0 Å². The van der Waals surface area contributed by atoms with Gasteiger partial charge in [-0.25, -0.2) is 17.5 Å². The molecule has 0 saturated carbocycles. The lowest BCUT2D eigenvalue weighted by Crippen LogP contribution is -2.30. The minimum Gasteiger partial charge on any atom is -0.211 e. The molecule has 1 unspecified atom stereocenters. The number of halogens is 2. The fourth-order valence-corrected chi connectivity index (χ4v) is 4.53. The van der Waals surface area contributed by atoms with E-state index in [9.17, 15) is 12.8 Å². The minimum absolute atomic E-state index is 0.295. The summed E-state index contributed by atoms with van der Waals surface area (Å²) < 4.78 is 40.5. The molecule has 1 heterocycles. The molecule has 0 bridgehead atoms. The summed E-state index contributed by atoms with van der Waals surface area (Å²) >= 11 is 4.92. The average molecular weight is 354 g/mol. The molecule has 1 N–H and O–H groups in total. The van der Waals surface area contributed by atoms with E-state index in [1.54, 1.807) is 0 Å². The lowest BCUT2D eigenvalue weighted by Gasteiger charge is -2.11. The number of nitrogens with one attached hydrogen (secondary N) is 1. The molecular weight excluding hydrogens is 341 g/mol. The van der Waals surface area contributed by atoms with Gasteiger partial charge in [-0.15, -0.1) is 0 Å². The Morgan fingerprint density at radius 3 is 2.89 bits per heavy atom. The molecule has 0 spiro atoms. The standard InChI is InChI=1S/C11H13BrFNO2S2/c12-9-1-2-11(10(13)5-9)18(15,16)14-6-8-3-4-17-7-8/h1-2,5,8,14H,3-4,6-7H2. The quantitative estimate of drug-likeness (QED) is 0.904. The van der Waals surface area contributed by atoms with Crippen molar-refractivity contribution in [2.45, 2.75) is 11.3 Å². The molecule has 1 saturated heterocycles. The van der Waals surface area contributed by atoms with Crippen LogP contribution in [0.1, 0.15) is 6.42 Å². The van der Waals surface area contributed by atoms with Gasteiger partial charge in [0.15, 0.2) is 0 Å². The van der Waals surface area contributed by atoms with Crippen molar-refractivity contribution in [1.29, 1.82) is 0 Å². The van der Waals surface area contributed by atoms with E-state index in [1.807, 2.05) is 11.8 Å². The largest absolute Gasteiger partial charge is 0.243 e. The zero-order valence-corrected chi connectivity index (χ0v) is 12.7. The van der Waals surface area contributed by atoms with Crippen LogP contribution in [0.4, 0.5) is 4.39 Å². The molecule has 18 heavy (non-hydrogen) atoms. The first-order chi connectivity index (χ1) is 8.49. The second-order valence-corrected chi connectivity index (χ2v) is 7.96. The lowest BCUT2D eigenvalue weighted by atomic mass is 10.1. The number of sulfonamides is 1. The highest BCUT2D eigenvalue weighted by atomic mass is 79.9. The van der Waals surface area contributed by atoms with E-state index in [0.29, 0.717) is 16.9 Å². The molecule has 1 aliphatic rings. The number of thioether (sulfide) groups is 1. The third-order valence-electron chi connectivity index (χ3n) is 2.77. The van der Waals surface area contributed by atoms with Crippen LogP contribution in [0.15, 0.2) is 27.6 Å². The number of hydrogen-bond acceptors (Lipinski definition) is 3. The van der Waals surface area contributed by atoms with E-state index < -0.39 is 15.8 Å². The highest BCUT2D eigenvalue weighted by Gasteiger charge is 2.22. The normalized spacial score (nSPS) is 20.2. The highest BCUT2D eigenvalue weighted by Crippen LogP contribution is 2.24. The van der Waals surface area contributed by atoms with Crippen molar-refractivity contribution in [1.82, 2.24) is 4.72 Å². The summed E-state index contributed by atoms with van der Waals surface area (Å²) in [6, 6.07) is 3.94. The van der Waals surface area contributed by atoms with Crippen LogP contribution in [0.25, 0.3) is 0 Å². The van der Waals surface area contributed by atoms with Gasteiger partial charge in [0.1, 0.15) is 10.7 Å². The first kappa shape index (κ1) is 14.3. The van der Waals surface area contributed by atoms with Gasteiger partial charge in [0, 0.05) is 11.0 Å². The number of hydrogen-bond donors (Lipinski definition) is 1. The summed E-state index contributed by atoms with van der Waals surface area (Å²) in [5.74, 6) is 1.64. The fourth-order valence-electron chi connectivity index (χ4n) is 1.74. The summed E-state index contributed by atoms with van der Waals surface area (Å²) in [7, 11) is -3.75. The Bertz CT molecular complexity index is 530. The Labute approximate surface area is 119 Å². The Morgan fingerprint density at radius 2 is 2.28 bits per heavy atom. The van der Waals surface area contributed by atoms with E-state index in [2.05, 4.69) is 20.7 Å². The second-order valence-electron chi connectivity index (χ2n) is 4.16. The van der Waals surface area contributed by atoms with E-state index in [1.165, 1.54) is 12.1 Å². The molecule has 1 atom stereocenters. The minimum atomic E-state index is -3.75. The monoisotopic (exact) mass is 353 g/mol. The van der Waals surface area contributed by atoms with Crippen molar-refractivity contribution >= 4 is 37.7 Å². The highest BCUT2D eigenvalue weighted by molar-refractivity contribution is 9.10. The third-order valence-corrected chi connectivity index (χ3v) is 5.95. The third kappa shape index (κ3) is 3.46. The summed E-state index contributed by atoms with van der Waals surface area (Å²) in [6.07, 6.45) is 1.01. The summed E-state index contributed by atoms with van der Waals surface area (Å²) in [4.78, 5) is -0.295. The molecule has 0 amide bonds. The molecule has 2 rings (SSSR count). The van der Waals surface area contributed by atoms with Crippen LogP contribution in [0, 0.1) is 11.7 Å². The molecule has 1 aliphatic heterocycles. The molecule has 3 nitrogen and oxygen atoms in total. The maximum atomic E-state index is 13.6. The zero-order chi connectivity index (χ0) is 13.2. The molecule has 1 aromatic rings. The van der Waals surface area contributed by atoms with Crippen molar-refractivity contribution in [3.63, 3.8) is 0 Å². The van der Waals surface area contributed by atoms with Gasteiger partial charge in [-0.3, -0.25) is 0 Å². The molecule has 0 aliphatic carbocycles. The number of benzene rings is 1. The summed E-state index contributed by atoms with van der Waals surface area (Å²) in [6.45, 7) is 0.380. The summed E-state index contributed by atoms with van der Waals surface area (Å²) in [5, 5.41) is 0. The predicted octanol–water partition coefficient (Wildman–Crippen LogP) is 2.62. The zero-order valence-electron chi connectivity index (χ0n) is 9.53. The van der Waals surface area contributed by atoms with Crippen LogP contribution in [0.2, 0.25) is 0 Å². The van der Waals surface area contributed by atoms with Crippen LogP contribution in [-0.4, -0.2) is 26.5 Å². The van der Waals surface area contributed by atoms with Crippen molar-refractivity contribution < 1.29 is 12.8 Å². The number of rotatable bonds is 4. The van der Waals surface area contributed by atoms with Crippen LogP contribution < -0.4 is 4.72 Å². The van der Waals surface area contributed by atoms with E-state index >= 15 is 0 Å². The second kappa shape index (κ2) is 5.90. The van der Waals surface area contributed by atoms with Gasteiger partial charge in [-0.05, 0) is 42.0 Å². The van der Waals surface area contributed by atoms with Gasteiger partial charge < -0.3 is 0 Å². The summed E-state index contributed by atoms with van der Waals surface area (Å²) in [5.41, 5.74) is 0. The van der Waals surface area contributed by atoms with Crippen molar-refractivity contribution in [3.8, 4) is 0 Å². The molecule has 0 aromatic heterocycles. The molecule has 7 heteroatoms. The maximum Gasteiger partial charge on any atom is 0.243 e. The Kier molecular flexibility index (Phi) is 4.69. The molecule has 1 fully saturated rings. The van der Waals surface area contributed by atoms with E-state index in [0.717, 1.165) is 24.0 Å². The topological polar surface area (TPSA) is 46.2 Å². The molecular formula is C11H13BrFNO2S2. The van der Waals surface area contributed by atoms with Crippen molar-refractivity contribution in [2.24, 2.45) is 5.92 Å². The van der Waals surface area contributed by atoms with Gasteiger partial charge in [-0.1, -0.05) is 15.9 Å². The Morgan fingerprint density at radius 1 is 1.50 bits per heavy atom. The molecule has 1 aromatic carbocycles. The van der Waals surface area contributed by atoms with Crippen LogP contribution in [-0.2, 0) is 10.0 Å². The average Bonchev–Trinajstić information content (AvgIpc) is 2.78. The van der Waals surface area contributed by atoms with Crippen LogP contribution in [0.5, 0.6) is 0 Å². The molecule has 0 radical (unpaired) electrons. The van der Waals surface area contributed by atoms with Crippen LogP contribution in [0.3, 0.4) is 0 Å². The Hall–Kier alpha value is -0.110. The maximum absolute atomic E-state index is 13.6.